The van der Waals surface area contributed by atoms with E-state index in [-0.39, 0.29) is 5.90 Å². The molecule has 0 amide bonds. The fourth-order valence-electron chi connectivity index (χ4n) is 1.01. The fraction of sp³-hybridized carbons (Fsp3) is 0.727. The Labute approximate surface area is 87.4 Å². The molecule has 0 saturated heterocycles. The molecule has 82 valence electrons. The lowest BCUT2D eigenvalue weighted by Gasteiger charge is -2.23. The third-order valence-corrected chi connectivity index (χ3v) is 1.86. The van der Waals surface area contributed by atoms with E-state index >= 15 is 0 Å². The lowest BCUT2D eigenvalue weighted by atomic mass is 10.3. The third kappa shape index (κ3) is 7.80. The molecule has 0 fully saturated rings. The standard InChI is InChI=1S/C11H22N2O/c1-10(2)11(14)12-8-6-7-9-13(3,4)5/h1,6-9H2,2-5H3. The first-order valence-corrected chi connectivity index (χ1v) is 5.01. The van der Waals surface area contributed by atoms with E-state index in [1.54, 1.807) is 6.92 Å². The molecule has 0 aliphatic rings. The molecule has 0 aromatic heterocycles. The number of hydrogen-bond acceptors (Lipinski definition) is 2. The second-order valence-electron chi connectivity index (χ2n) is 4.69. The van der Waals surface area contributed by atoms with Gasteiger partial charge in [-0.3, -0.25) is 0 Å². The van der Waals surface area contributed by atoms with Gasteiger partial charge >= 0.3 is 0 Å². The maximum absolute atomic E-state index is 11.0. The zero-order valence-corrected chi connectivity index (χ0v) is 9.84. The van der Waals surface area contributed by atoms with Crippen molar-refractivity contribution in [3.8, 4) is 0 Å². The quantitative estimate of drug-likeness (QED) is 0.269. The largest absolute Gasteiger partial charge is 0.859 e. The molecule has 0 aliphatic carbocycles. The van der Waals surface area contributed by atoms with Crippen LogP contribution in [-0.2, 0) is 0 Å². The molecule has 0 rings (SSSR count). The zero-order valence-electron chi connectivity index (χ0n) is 9.84. The summed E-state index contributed by atoms with van der Waals surface area (Å²) < 4.78 is 0.967. The molecule has 0 radical (unpaired) electrons. The Morgan fingerprint density at radius 1 is 1.29 bits per heavy atom. The van der Waals surface area contributed by atoms with Crippen molar-refractivity contribution in [2.24, 2.45) is 4.99 Å². The van der Waals surface area contributed by atoms with E-state index in [0.29, 0.717) is 12.1 Å². The molecule has 0 aromatic carbocycles. The van der Waals surface area contributed by atoms with Crippen molar-refractivity contribution in [1.82, 2.24) is 0 Å². The summed E-state index contributed by atoms with van der Waals surface area (Å²) in [6.07, 6.45) is 2.09. The Morgan fingerprint density at radius 2 is 1.86 bits per heavy atom. The molecule has 14 heavy (non-hydrogen) atoms. The highest BCUT2D eigenvalue weighted by molar-refractivity contribution is 5.88. The minimum atomic E-state index is -0.157. The predicted molar refractivity (Wildman–Crippen MR) is 59.2 cm³/mol. The van der Waals surface area contributed by atoms with Crippen LogP contribution < -0.4 is 5.11 Å². The molecule has 0 atom stereocenters. The van der Waals surface area contributed by atoms with E-state index < -0.39 is 0 Å². The summed E-state index contributed by atoms with van der Waals surface area (Å²) in [4.78, 5) is 3.90. The predicted octanol–water partition coefficient (Wildman–Crippen LogP) is 0.808. The van der Waals surface area contributed by atoms with Gasteiger partial charge in [0.05, 0.1) is 27.7 Å². The van der Waals surface area contributed by atoms with E-state index in [0.717, 1.165) is 23.9 Å². The van der Waals surface area contributed by atoms with E-state index in [2.05, 4.69) is 32.7 Å². The van der Waals surface area contributed by atoms with Crippen LogP contribution in [-0.4, -0.2) is 44.6 Å². The lowest BCUT2D eigenvalue weighted by molar-refractivity contribution is -0.870. The first kappa shape index (κ1) is 13.2. The number of rotatable bonds is 6. The normalized spacial score (nSPS) is 13.0. The minimum Gasteiger partial charge on any atom is -0.859 e. The molecule has 0 bridgehead atoms. The molecule has 3 nitrogen and oxygen atoms in total. The second-order valence-corrected chi connectivity index (χ2v) is 4.69. The second kappa shape index (κ2) is 5.81. The number of quaternary nitrogens is 1. The first-order valence-electron chi connectivity index (χ1n) is 5.01. The van der Waals surface area contributed by atoms with Gasteiger partial charge in [0.15, 0.2) is 0 Å². The summed E-state index contributed by atoms with van der Waals surface area (Å²) >= 11 is 0. The molecular formula is C11H22N2O. The van der Waals surface area contributed by atoms with Crippen LogP contribution in [0.15, 0.2) is 17.1 Å². The lowest BCUT2D eigenvalue weighted by Crippen LogP contribution is -2.35. The van der Waals surface area contributed by atoms with Crippen molar-refractivity contribution in [3.63, 3.8) is 0 Å². The van der Waals surface area contributed by atoms with Gasteiger partial charge in [0, 0.05) is 6.54 Å². The molecule has 0 aromatic rings. The molecule has 0 unspecified atom stereocenters. The smallest absolute Gasteiger partial charge is 0.0781 e. The maximum Gasteiger partial charge on any atom is 0.0781 e. The first-order chi connectivity index (χ1) is 6.33. The monoisotopic (exact) mass is 198 g/mol. The van der Waals surface area contributed by atoms with Gasteiger partial charge in [0.25, 0.3) is 0 Å². The Balaban J connectivity index is 3.57. The van der Waals surface area contributed by atoms with Crippen LogP contribution in [0.1, 0.15) is 19.8 Å². The van der Waals surface area contributed by atoms with Gasteiger partial charge < -0.3 is 14.6 Å². The van der Waals surface area contributed by atoms with Crippen LogP contribution >= 0.6 is 0 Å². The van der Waals surface area contributed by atoms with Crippen LogP contribution in [0.4, 0.5) is 0 Å². The average Bonchev–Trinajstić information content (AvgIpc) is 2.01. The average molecular weight is 198 g/mol. The summed E-state index contributed by atoms with van der Waals surface area (Å²) in [5.74, 6) is -0.157. The van der Waals surface area contributed by atoms with Crippen molar-refractivity contribution < 1.29 is 9.59 Å². The van der Waals surface area contributed by atoms with Crippen LogP contribution in [0.2, 0.25) is 0 Å². The highest BCUT2D eigenvalue weighted by Crippen LogP contribution is 1.98. The number of nitrogens with zero attached hydrogens (tertiary/aromatic N) is 2. The zero-order chi connectivity index (χ0) is 11.2. The number of unbranched alkanes of at least 4 members (excludes halogenated alkanes) is 1. The van der Waals surface area contributed by atoms with Crippen molar-refractivity contribution >= 4 is 5.90 Å². The van der Waals surface area contributed by atoms with Crippen LogP contribution in [0, 0.1) is 0 Å². The van der Waals surface area contributed by atoms with Gasteiger partial charge in [-0.25, -0.2) is 0 Å². The van der Waals surface area contributed by atoms with Crippen LogP contribution in [0.25, 0.3) is 0 Å². The molecule has 0 spiro atoms. The van der Waals surface area contributed by atoms with Crippen LogP contribution in [0.3, 0.4) is 0 Å². The highest BCUT2D eigenvalue weighted by Gasteiger charge is 2.04. The van der Waals surface area contributed by atoms with Crippen molar-refractivity contribution in [2.75, 3.05) is 34.2 Å². The summed E-state index contributed by atoms with van der Waals surface area (Å²) in [5.41, 5.74) is 0.525. The van der Waals surface area contributed by atoms with Gasteiger partial charge in [0.2, 0.25) is 0 Å². The van der Waals surface area contributed by atoms with Gasteiger partial charge in [-0.2, -0.15) is 0 Å². The van der Waals surface area contributed by atoms with Crippen molar-refractivity contribution in [1.29, 1.82) is 0 Å². The SMILES string of the molecule is C=C(C)C([O-])=NCCCC[N+](C)(C)C. The van der Waals surface area contributed by atoms with E-state index in [9.17, 15) is 5.11 Å². The molecule has 0 heterocycles. The van der Waals surface area contributed by atoms with Crippen LogP contribution in [0.5, 0.6) is 0 Å². The van der Waals surface area contributed by atoms with E-state index in [1.165, 1.54) is 0 Å². The molecular weight excluding hydrogens is 176 g/mol. The number of hydrogen-bond donors (Lipinski definition) is 0. The Hall–Kier alpha value is -0.830. The van der Waals surface area contributed by atoms with Crippen molar-refractivity contribution in [3.05, 3.63) is 12.2 Å². The van der Waals surface area contributed by atoms with E-state index in [4.69, 9.17) is 0 Å². The Morgan fingerprint density at radius 3 is 2.29 bits per heavy atom. The fourth-order valence-corrected chi connectivity index (χ4v) is 1.01. The van der Waals surface area contributed by atoms with Crippen molar-refractivity contribution in [2.45, 2.75) is 19.8 Å². The number of aliphatic imine (C=N–C) groups is 1. The topological polar surface area (TPSA) is 35.4 Å². The third-order valence-electron chi connectivity index (χ3n) is 1.86. The molecule has 0 aliphatic heterocycles. The Bertz CT molecular complexity index is 214. The van der Waals surface area contributed by atoms with Gasteiger partial charge in [-0.1, -0.05) is 6.58 Å². The summed E-state index contributed by atoms with van der Waals surface area (Å²) in [7, 11) is 6.49. The molecule has 0 saturated carbocycles. The maximum atomic E-state index is 11.0. The highest BCUT2D eigenvalue weighted by atomic mass is 16.3. The Kier molecular flexibility index (Phi) is 5.46. The summed E-state index contributed by atoms with van der Waals surface area (Å²) in [5, 5.41) is 11.0. The summed E-state index contributed by atoms with van der Waals surface area (Å²) in [6.45, 7) is 6.99. The molecule has 0 N–H and O–H groups in total. The summed E-state index contributed by atoms with van der Waals surface area (Å²) in [6, 6.07) is 0. The van der Waals surface area contributed by atoms with E-state index in [1.807, 2.05) is 0 Å². The minimum absolute atomic E-state index is 0.157. The van der Waals surface area contributed by atoms with Gasteiger partial charge in [-0.15, -0.1) is 0 Å². The van der Waals surface area contributed by atoms with Gasteiger partial charge in [0.1, 0.15) is 0 Å². The van der Waals surface area contributed by atoms with Gasteiger partial charge in [-0.05, 0) is 31.2 Å². The molecule has 3 heteroatoms.